The number of amides is 1. The lowest BCUT2D eigenvalue weighted by atomic mass is 10.1. The van der Waals surface area contributed by atoms with Crippen molar-refractivity contribution in [2.75, 3.05) is 0 Å². The Bertz CT molecular complexity index is 540. The number of unbranched alkanes of at least 4 members (excludes halogenated alkanes) is 2. The quantitative estimate of drug-likeness (QED) is 0.619. The van der Waals surface area contributed by atoms with E-state index in [1.165, 1.54) is 12.1 Å². The fourth-order valence-corrected chi connectivity index (χ4v) is 2.62. The van der Waals surface area contributed by atoms with Crippen molar-refractivity contribution in [1.82, 2.24) is 5.32 Å². The van der Waals surface area contributed by atoms with Crippen LogP contribution >= 0.6 is 10.7 Å². The number of hydrogen-bond acceptors (Lipinski definition) is 3. The smallest absolute Gasteiger partial charge is 0.261 e. The molecule has 0 aromatic heterocycles. The number of benzene rings is 1. The lowest BCUT2D eigenvalue weighted by molar-refractivity contribution is -0.121. The second-order valence-corrected chi connectivity index (χ2v) is 7.32. The van der Waals surface area contributed by atoms with Gasteiger partial charge in [-0.1, -0.05) is 31.9 Å². The van der Waals surface area contributed by atoms with Gasteiger partial charge in [0.2, 0.25) is 5.91 Å². The van der Waals surface area contributed by atoms with E-state index in [-0.39, 0.29) is 16.8 Å². The SMILES string of the molecule is CCCCCC(=O)NC(C)c1ccc(S(=O)(=O)Cl)cc1. The molecule has 1 aromatic carbocycles. The first-order valence-corrected chi connectivity index (χ1v) is 8.99. The van der Waals surface area contributed by atoms with Crippen molar-refractivity contribution in [3.8, 4) is 0 Å². The molecular weight excluding hydrogens is 298 g/mol. The van der Waals surface area contributed by atoms with Gasteiger partial charge in [-0.05, 0) is 31.0 Å². The predicted octanol–water partition coefficient (Wildman–Crippen LogP) is 3.37. The molecule has 6 heteroatoms. The molecule has 0 aliphatic rings. The van der Waals surface area contributed by atoms with E-state index < -0.39 is 9.05 Å². The number of carbonyl (C=O) groups excluding carboxylic acids is 1. The van der Waals surface area contributed by atoms with Crippen LogP contribution in [-0.2, 0) is 13.8 Å². The minimum Gasteiger partial charge on any atom is -0.350 e. The minimum atomic E-state index is -3.70. The van der Waals surface area contributed by atoms with Gasteiger partial charge in [0.05, 0.1) is 10.9 Å². The molecule has 0 heterocycles. The third-order valence-electron chi connectivity index (χ3n) is 3.05. The van der Waals surface area contributed by atoms with E-state index in [1.54, 1.807) is 12.1 Å². The zero-order valence-corrected chi connectivity index (χ0v) is 13.3. The van der Waals surface area contributed by atoms with E-state index in [9.17, 15) is 13.2 Å². The highest BCUT2D eigenvalue weighted by Crippen LogP contribution is 2.19. The topological polar surface area (TPSA) is 63.2 Å². The van der Waals surface area contributed by atoms with Gasteiger partial charge in [-0.15, -0.1) is 0 Å². The van der Waals surface area contributed by atoms with Gasteiger partial charge in [0.25, 0.3) is 9.05 Å². The van der Waals surface area contributed by atoms with Gasteiger partial charge in [-0.3, -0.25) is 4.79 Å². The third-order valence-corrected chi connectivity index (χ3v) is 4.42. The number of halogens is 1. The lowest BCUT2D eigenvalue weighted by Crippen LogP contribution is -2.26. The zero-order chi connectivity index (χ0) is 15.2. The summed E-state index contributed by atoms with van der Waals surface area (Å²) < 4.78 is 22.3. The van der Waals surface area contributed by atoms with Gasteiger partial charge < -0.3 is 5.32 Å². The van der Waals surface area contributed by atoms with Crippen molar-refractivity contribution in [1.29, 1.82) is 0 Å². The maximum Gasteiger partial charge on any atom is 0.261 e. The summed E-state index contributed by atoms with van der Waals surface area (Å²) in [6.45, 7) is 3.95. The van der Waals surface area contributed by atoms with E-state index in [1.807, 2.05) is 6.92 Å². The number of nitrogens with one attached hydrogen (secondary N) is 1. The van der Waals surface area contributed by atoms with E-state index in [0.29, 0.717) is 6.42 Å². The summed E-state index contributed by atoms with van der Waals surface area (Å²) >= 11 is 0. The first-order valence-electron chi connectivity index (χ1n) is 6.68. The molecule has 0 saturated carbocycles. The average molecular weight is 318 g/mol. The molecular formula is C14H20ClNO3S. The van der Waals surface area contributed by atoms with Crippen molar-refractivity contribution in [2.24, 2.45) is 0 Å². The van der Waals surface area contributed by atoms with Crippen molar-refractivity contribution in [3.05, 3.63) is 29.8 Å². The Labute approximate surface area is 124 Å². The number of rotatable bonds is 7. The molecule has 0 aliphatic carbocycles. The predicted molar refractivity (Wildman–Crippen MR) is 80.2 cm³/mol. The van der Waals surface area contributed by atoms with Crippen LogP contribution in [0.5, 0.6) is 0 Å². The maximum atomic E-state index is 11.7. The monoisotopic (exact) mass is 317 g/mol. The molecule has 1 atom stereocenters. The van der Waals surface area contributed by atoms with E-state index >= 15 is 0 Å². The summed E-state index contributed by atoms with van der Waals surface area (Å²) in [6.07, 6.45) is 3.53. The van der Waals surface area contributed by atoms with Gasteiger partial charge in [0.15, 0.2) is 0 Å². The van der Waals surface area contributed by atoms with Crippen LogP contribution in [0.25, 0.3) is 0 Å². The lowest BCUT2D eigenvalue weighted by Gasteiger charge is -2.14. The molecule has 0 saturated heterocycles. The molecule has 0 spiro atoms. The van der Waals surface area contributed by atoms with Crippen molar-refractivity contribution >= 4 is 25.6 Å². The van der Waals surface area contributed by atoms with Crippen LogP contribution in [-0.4, -0.2) is 14.3 Å². The van der Waals surface area contributed by atoms with Crippen LogP contribution in [0.2, 0.25) is 0 Å². The van der Waals surface area contributed by atoms with Gasteiger partial charge >= 0.3 is 0 Å². The van der Waals surface area contributed by atoms with Crippen LogP contribution in [0.15, 0.2) is 29.2 Å². The van der Waals surface area contributed by atoms with Gasteiger partial charge in [0.1, 0.15) is 0 Å². The Morgan fingerprint density at radius 1 is 1.25 bits per heavy atom. The molecule has 1 amide bonds. The van der Waals surface area contributed by atoms with Crippen LogP contribution in [0.3, 0.4) is 0 Å². The highest BCUT2D eigenvalue weighted by molar-refractivity contribution is 8.13. The van der Waals surface area contributed by atoms with Crippen LogP contribution in [0.4, 0.5) is 0 Å². The first kappa shape index (κ1) is 17.0. The number of carbonyl (C=O) groups is 1. The van der Waals surface area contributed by atoms with Crippen molar-refractivity contribution in [3.63, 3.8) is 0 Å². The summed E-state index contributed by atoms with van der Waals surface area (Å²) in [5, 5.41) is 2.89. The number of hydrogen-bond donors (Lipinski definition) is 1. The molecule has 0 aliphatic heterocycles. The molecule has 0 radical (unpaired) electrons. The molecule has 112 valence electrons. The Hall–Kier alpha value is -1.07. The van der Waals surface area contributed by atoms with E-state index in [2.05, 4.69) is 12.2 Å². The standard InChI is InChI=1S/C14H20ClNO3S/c1-3-4-5-6-14(17)16-11(2)12-7-9-13(10-8-12)20(15,18)19/h7-11H,3-6H2,1-2H3,(H,16,17). The Morgan fingerprint density at radius 3 is 2.35 bits per heavy atom. The molecule has 1 rings (SSSR count). The molecule has 4 nitrogen and oxygen atoms in total. The van der Waals surface area contributed by atoms with E-state index in [4.69, 9.17) is 10.7 Å². The molecule has 0 fully saturated rings. The summed E-state index contributed by atoms with van der Waals surface area (Å²) in [7, 11) is 1.55. The third kappa shape index (κ3) is 5.51. The van der Waals surface area contributed by atoms with Crippen LogP contribution < -0.4 is 5.32 Å². The second kappa shape index (κ2) is 7.64. The summed E-state index contributed by atoms with van der Waals surface area (Å²) in [5.41, 5.74) is 0.845. The minimum absolute atomic E-state index is 0.0139. The summed E-state index contributed by atoms with van der Waals surface area (Å²) in [5.74, 6) is 0.0139. The zero-order valence-electron chi connectivity index (χ0n) is 11.7. The van der Waals surface area contributed by atoms with Gasteiger partial charge in [-0.2, -0.15) is 0 Å². The highest BCUT2D eigenvalue weighted by Gasteiger charge is 2.12. The molecule has 0 bridgehead atoms. The van der Waals surface area contributed by atoms with Gasteiger partial charge in [0, 0.05) is 17.1 Å². The highest BCUT2D eigenvalue weighted by atomic mass is 35.7. The molecule has 1 unspecified atom stereocenters. The van der Waals surface area contributed by atoms with E-state index in [0.717, 1.165) is 24.8 Å². The molecule has 1 aromatic rings. The Balaban J connectivity index is 2.60. The second-order valence-electron chi connectivity index (χ2n) is 4.75. The van der Waals surface area contributed by atoms with Crippen LogP contribution in [0, 0.1) is 0 Å². The maximum absolute atomic E-state index is 11.7. The van der Waals surface area contributed by atoms with Crippen LogP contribution in [0.1, 0.15) is 51.1 Å². The normalized spacial score (nSPS) is 12.9. The first-order chi connectivity index (χ1) is 9.34. The fourth-order valence-electron chi connectivity index (χ4n) is 1.85. The van der Waals surface area contributed by atoms with Gasteiger partial charge in [-0.25, -0.2) is 8.42 Å². The Kier molecular flexibility index (Phi) is 6.49. The Morgan fingerprint density at radius 2 is 1.85 bits per heavy atom. The van der Waals surface area contributed by atoms with Crippen molar-refractivity contribution < 1.29 is 13.2 Å². The average Bonchev–Trinajstić information content (AvgIpc) is 2.38. The van der Waals surface area contributed by atoms with Crippen molar-refractivity contribution in [2.45, 2.75) is 50.5 Å². The molecule has 1 N–H and O–H groups in total. The largest absolute Gasteiger partial charge is 0.350 e. The fraction of sp³-hybridized carbons (Fsp3) is 0.500. The molecule has 20 heavy (non-hydrogen) atoms. The summed E-state index contributed by atoms with van der Waals surface area (Å²) in [4.78, 5) is 11.8. The summed E-state index contributed by atoms with van der Waals surface area (Å²) in [6, 6.07) is 6.05.